The maximum atomic E-state index is 12.2. The number of rotatable bonds is 7. The van der Waals surface area contributed by atoms with E-state index in [0.717, 1.165) is 23.4 Å². The van der Waals surface area contributed by atoms with Crippen molar-refractivity contribution in [3.05, 3.63) is 53.5 Å². The van der Waals surface area contributed by atoms with Gasteiger partial charge in [-0.15, -0.1) is 11.3 Å². The first-order valence-electron chi connectivity index (χ1n) is 9.31. The Morgan fingerprint density at radius 2 is 1.68 bits per heavy atom. The molecule has 3 N–H and O–H groups in total. The van der Waals surface area contributed by atoms with Gasteiger partial charge >= 0.3 is 6.03 Å². The normalized spacial score (nSPS) is 10.8. The van der Waals surface area contributed by atoms with Crippen LogP contribution in [-0.4, -0.2) is 23.0 Å². The summed E-state index contributed by atoms with van der Waals surface area (Å²) in [7, 11) is 0. The highest BCUT2D eigenvalue weighted by molar-refractivity contribution is 7.18. The third-order valence-electron chi connectivity index (χ3n) is 3.98. The minimum Gasteiger partial charge on any atom is -0.336 e. The first-order valence-corrected chi connectivity index (χ1v) is 10.1. The minimum absolute atomic E-state index is 0.0284. The minimum atomic E-state index is -0.248. The smallest absolute Gasteiger partial charge is 0.319 e. The van der Waals surface area contributed by atoms with Crippen molar-refractivity contribution in [2.24, 2.45) is 0 Å². The van der Waals surface area contributed by atoms with Crippen molar-refractivity contribution in [1.82, 2.24) is 10.3 Å². The van der Waals surface area contributed by atoms with Gasteiger partial charge in [0.15, 0.2) is 0 Å². The number of benzene rings is 2. The molecule has 0 saturated heterocycles. The lowest BCUT2D eigenvalue weighted by Crippen LogP contribution is -2.34. The zero-order valence-electron chi connectivity index (χ0n) is 16.0. The van der Waals surface area contributed by atoms with E-state index in [9.17, 15) is 9.59 Å². The number of aromatic nitrogens is 1. The molecular weight excluding hydrogens is 372 g/mol. The van der Waals surface area contributed by atoms with Crippen LogP contribution in [0.15, 0.2) is 48.5 Å². The van der Waals surface area contributed by atoms with Crippen molar-refractivity contribution in [1.29, 1.82) is 0 Å². The highest BCUT2D eigenvalue weighted by Crippen LogP contribution is 2.23. The van der Waals surface area contributed by atoms with Crippen molar-refractivity contribution in [3.8, 4) is 0 Å². The van der Waals surface area contributed by atoms with Crippen LogP contribution in [-0.2, 0) is 11.2 Å². The zero-order valence-corrected chi connectivity index (χ0v) is 16.8. The molecule has 0 aliphatic heterocycles. The van der Waals surface area contributed by atoms with Gasteiger partial charge in [-0.3, -0.25) is 4.79 Å². The maximum Gasteiger partial charge on any atom is 0.319 e. The summed E-state index contributed by atoms with van der Waals surface area (Å²) in [5, 5.41) is 9.45. The van der Waals surface area contributed by atoms with Crippen LogP contribution in [0.5, 0.6) is 0 Å². The van der Waals surface area contributed by atoms with Crippen molar-refractivity contribution < 1.29 is 9.59 Å². The molecule has 0 bridgehead atoms. The van der Waals surface area contributed by atoms with Gasteiger partial charge in [0.05, 0.1) is 15.2 Å². The summed E-state index contributed by atoms with van der Waals surface area (Å²) < 4.78 is 1.18. The van der Waals surface area contributed by atoms with E-state index in [1.54, 1.807) is 35.6 Å². The average Bonchev–Trinajstić information content (AvgIpc) is 3.05. The lowest BCUT2D eigenvalue weighted by atomic mass is 10.2. The standard InChI is InChI=1S/C21H24N4O2S/c1-14(2)22-21(27)24-16-12-10-15(11-13-16)23-19(26)8-5-9-20-25-17-6-3-4-7-18(17)28-20/h3-4,6-7,10-14H,5,8-9H2,1-2H3,(H,23,26)(H2,22,24,27). The van der Waals surface area contributed by atoms with Crippen LogP contribution in [0.1, 0.15) is 31.7 Å². The highest BCUT2D eigenvalue weighted by atomic mass is 32.1. The van der Waals surface area contributed by atoms with Gasteiger partial charge in [0.1, 0.15) is 0 Å². The number of nitrogens with zero attached hydrogens (tertiary/aromatic N) is 1. The highest BCUT2D eigenvalue weighted by Gasteiger charge is 2.07. The van der Waals surface area contributed by atoms with Crippen LogP contribution in [0.25, 0.3) is 10.2 Å². The topological polar surface area (TPSA) is 83.1 Å². The van der Waals surface area contributed by atoms with Crippen LogP contribution in [0.3, 0.4) is 0 Å². The van der Waals surface area contributed by atoms with Gasteiger partial charge in [0.2, 0.25) is 5.91 Å². The Labute approximate surface area is 168 Å². The van der Waals surface area contributed by atoms with E-state index in [4.69, 9.17) is 0 Å². The third kappa shape index (κ3) is 5.79. The van der Waals surface area contributed by atoms with Crippen molar-refractivity contribution in [3.63, 3.8) is 0 Å². The van der Waals surface area contributed by atoms with Crippen molar-refractivity contribution >= 4 is 44.9 Å². The van der Waals surface area contributed by atoms with Crippen LogP contribution in [0.4, 0.5) is 16.2 Å². The molecule has 1 aromatic heterocycles. The van der Waals surface area contributed by atoms with Crippen molar-refractivity contribution in [2.75, 3.05) is 10.6 Å². The van der Waals surface area contributed by atoms with Gasteiger partial charge in [-0.1, -0.05) is 12.1 Å². The van der Waals surface area contributed by atoms with Crippen molar-refractivity contribution in [2.45, 2.75) is 39.2 Å². The molecule has 0 spiro atoms. The third-order valence-corrected chi connectivity index (χ3v) is 5.08. The van der Waals surface area contributed by atoms with Crippen LogP contribution in [0, 0.1) is 0 Å². The second kappa shape index (κ2) is 9.32. The van der Waals surface area contributed by atoms with Gasteiger partial charge in [0, 0.05) is 23.8 Å². The van der Waals surface area contributed by atoms with Gasteiger partial charge < -0.3 is 16.0 Å². The van der Waals surface area contributed by atoms with Gasteiger partial charge in [-0.05, 0) is 63.1 Å². The molecule has 0 saturated carbocycles. The fraction of sp³-hybridized carbons (Fsp3) is 0.286. The molecule has 2 aromatic carbocycles. The molecule has 0 aliphatic rings. The Hall–Kier alpha value is -2.93. The molecule has 146 valence electrons. The van der Waals surface area contributed by atoms with Gasteiger partial charge in [-0.25, -0.2) is 9.78 Å². The molecule has 1 heterocycles. The second-order valence-corrected chi connectivity index (χ2v) is 7.92. The molecule has 28 heavy (non-hydrogen) atoms. The first-order chi connectivity index (χ1) is 13.5. The molecule has 3 rings (SSSR count). The predicted octanol–water partition coefficient (Wildman–Crippen LogP) is 4.79. The molecule has 3 aromatic rings. The Bertz CT molecular complexity index is 917. The van der Waals surface area contributed by atoms with Crippen LogP contribution in [0.2, 0.25) is 0 Å². The second-order valence-electron chi connectivity index (χ2n) is 6.81. The first kappa shape index (κ1) is 19.8. The molecule has 0 aliphatic carbocycles. The molecule has 0 fully saturated rings. The number of para-hydroxylation sites is 1. The number of fused-ring (bicyclic) bond motifs is 1. The zero-order chi connectivity index (χ0) is 19.9. The number of amides is 3. The number of urea groups is 1. The Morgan fingerprint density at radius 3 is 2.36 bits per heavy atom. The summed E-state index contributed by atoms with van der Waals surface area (Å²) in [6, 6.07) is 15.0. The predicted molar refractivity (Wildman–Crippen MR) is 115 cm³/mol. The molecule has 6 nitrogen and oxygen atoms in total. The number of aryl methyl sites for hydroxylation is 1. The monoisotopic (exact) mass is 396 g/mol. The molecule has 0 atom stereocenters. The van der Waals surface area contributed by atoms with Gasteiger partial charge in [-0.2, -0.15) is 0 Å². The number of anilines is 2. The summed E-state index contributed by atoms with van der Waals surface area (Å²) in [6.45, 7) is 3.80. The number of hydrogen-bond acceptors (Lipinski definition) is 4. The van der Waals surface area contributed by atoms with E-state index in [-0.39, 0.29) is 18.0 Å². The van der Waals surface area contributed by atoms with E-state index in [0.29, 0.717) is 17.8 Å². The Balaban J connectivity index is 1.43. The molecule has 0 radical (unpaired) electrons. The molecule has 3 amide bonds. The van der Waals surface area contributed by atoms with Crippen LogP contribution < -0.4 is 16.0 Å². The number of nitrogens with one attached hydrogen (secondary N) is 3. The Kier molecular flexibility index (Phi) is 6.60. The lowest BCUT2D eigenvalue weighted by molar-refractivity contribution is -0.116. The fourth-order valence-corrected chi connectivity index (χ4v) is 3.73. The number of carbonyl (C=O) groups is 2. The van der Waals surface area contributed by atoms with E-state index in [1.165, 1.54) is 4.70 Å². The SMILES string of the molecule is CC(C)NC(=O)Nc1ccc(NC(=O)CCCc2nc3ccccc3s2)cc1. The van der Waals surface area contributed by atoms with E-state index in [2.05, 4.69) is 27.0 Å². The van der Waals surface area contributed by atoms with E-state index < -0.39 is 0 Å². The van der Waals surface area contributed by atoms with Crippen LogP contribution >= 0.6 is 11.3 Å². The number of thiazole rings is 1. The summed E-state index contributed by atoms with van der Waals surface area (Å²) >= 11 is 1.68. The van der Waals surface area contributed by atoms with E-state index >= 15 is 0 Å². The Morgan fingerprint density at radius 1 is 1.00 bits per heavy atom. The maximum absolute atomic E-state index is 12.2. The lowest BCUT2D eigenvalue weighted by Gasteiger charge is -2.11. The number of carbonyl (C=O) groups excluding carboxylic acids is 2. The molecular formula is C21H24N4O2S. The molecule has 0 unspecified atom stereocenters. The fourth-order valence-electron chi connectivity index (χ4n) is 2.72. The largest absolute Gasteiger partial charge is 0.336 e. The average molecular weight is 397 g/mol. The quantitative estimate of drug-likeness (QED) is 0.537. The van der Waals surface area contributed by atoms with Gasteiger partial charge in [0.25, 0.3) is 0 Å². The summed E-state index contributed by atoms with van der Waals surface area (Å²) in [4.78, 5) is 28.4. The molecule has 7 heteroatoms. The summed E-state index contributed by atoms with van der Waals surface area (Å²) in [5.41, 5.74) is 2.40. The van der Waals surface area contributed by atoms with E-state index in [1.807, 2.05) is 32.0 Å². The summed E-state index contributed by atoms with van der Waals surface area (Å²) in [5.74, 6) is -0.0284. The summed E-state index contributed by atoms with van der Waals surface area (Å²) in [6.07, 6.45) is 1.98. The number of hydrogen-bond donors (Lipinski definition) is 3.